The molecule has 1 atom stereocenters. The summed E-state index contributed by atoms with van der Waals surface area (Å²) in [5.74, 6) is 1.56. The van der Waals surface area contributed by atoms with Gasteiger partial charge < -0.3 is 20.1 Å². The van der Waals surface area contributed by atoms with Crippen LogP contribution in [0.5, 0.6) is 5.75 Å². The average molecular weight is 496 g/mol. The summed E-state index contributed by atoms with van der Waals surface area (Å²) in [6, 6.07) is 21.0. The molecule has 0 aliphatic carbocycles. The van der Waals surface area contributed by atoms with E-state index in [1.807, 2.05) is 61.5 Å². The highest BCUT2D eigenvalue weighted by Gasteiger charge is 2.18. The zero-order valence-corrected chi connectivity index (χ0v) is 20.8. The van der Waals surface area contributed by atoms with Gasteiger partial charge in [-0.3, -0.25) is 4.98 Å². The van der Waals surface area contributed by atoms with Crippen LogP contribution in [0.15, 0.2) is 78.0 Å². The first kappa shape index (κ1) is 24.2. The summed E-state index contributed by atoms with van der Waals surface area (Å²) in [5, 5.41) is 17.3. The van der Waals surface area contributed by atoms with Crippen molar-refractivity contribution in [2.45, 2.75) is 20.0 Å². The molecular weight excluding hydrogens is 466 g/mol. The Kier molecular flexibility index (Phi) is 7.23. The van der Waals surface area contributed by atoms with Crippen molar-refractivity contribution in [1.82, 2.24) is 15.0 Å². The van der Waals surface area contributed by atoms with E-state index in [1.165, 1.54) is 0 Å². The summed E-state index contributed by atoms with van der Waals surface area (Å²) in [6.45, 7) is 6.29. The summed E-state index contributed by atoms with van der Waals surface area (Å²) >= 11 is 0. The molecule has 0 bridgehead atoms. The number of pyridine rings is 1. The smallest absolute Gasteiger partial charge is 0.245 e. The molecule has 2 aromatic heterocycles. The lowest BCUT2D eigenvalue weighted by atomic mass is 10.1. The van der Waals surface area contributed by atoms with Crippen LogP contribution in [0.25, 0.3) is 11.1 Å². The molecule has 1 saturated heterocycles. The van der Waals surface area contributed by atoms with Gasteiger partial charge in [-0.1, -0.05) is 24.3 Å². The van der Waals surface area contributed by atoms with Crippen LogP contribution in [0.4, 0.5) is 23.1 Å². The number of hydrogen-bond acceptors (Lipinski definition) is 9. The normalized spacial score (nSPS) is 15.6. The number of anilines is 4. The van der Waals surface area contributed by atoms with Crippen molar-refractivity contribution in [1.29, 1.82) is 0 Å². The van der Waals surface area contributed by atoms with E-state index in [0.29, 0.717) is 18.2 Å². The third kappa shape index (κ3) is 6.39. The maximum absolute atomic E-state index is 9.69. The zero-order chi connectivity index (χ0) is 25.6. The number of nitrogens with one attached hydrogen (secondary N) is 2. The number of aromatic hydroxyl groups is 1. The number of aromatic nitrogens is 3. The molecule has 2 aromatic carbocycles. The molecule has 0 saturated carbocycles. The maximum Gasteiger partial charge on any atom is 0.245 e. The van der Waals surface area contributed by atoms with Gasteiger partial charge in [0, 0.05) is 30.5 Å². The Bertz CT molecular complexity index is 1370. The van der Waals surface area contributed by atoms with Crippen LogP contribution in [0.3, 0.4) is 0 Å². The lowest BCUT2D eigenvalue weighted by Crippen LogP contribution is -2.41. The zero-order valence-electron chi connectivity index (χ0n) is 20.8. The van der Waals surface area contributed by atoms with Gasteiger partial charge in [0.25, 0.3) is 0 Å². The fourth-order valence-electron chi connectivity index (χ4n) is 4.10. The van der Waals surface area contributed by atoms with Gasteiger partial charge in [0.15, 0.2) is 0 Å². The van der Waals surface area contributed by atoms with Gasteiger partial charge in [0.1, 0.15) is 11.6 Å². The Labute approximate surface area is 215 Å². The van der Waals surface area contributed by atoms with Crippen LogP contribution < -0.4 is 15.6 Å². The fourth-order valence-corrected chi connectivity index (χ4v) is 4.10. The predicted octanol–water partition coefficient (Wildman–Crippen LogP) is 4.97. The Hall–Kier alpha value is -4.50. The van der Waals surface area contributed by atoms with Crippen molar-refractivity contribution >= 4 is 29.4 Å². The van der Waals surface area contributed by atoms with E-state index < -0.39 is 0 Å². The van der Waals surface area contributed by atoms with Gasteiger partial charge in [-0.2, -0.15) is 10.1 Å². The van der Waals surface area contributed by atoms with Gasteiger partial charge in [-0.15, -0.1) is 0 Å². The molecule has 37 heavy (non-hydrogen) atoms. The standard InChI is InChI=1S/C28H29N7O2/c1-19-14-27(35-12-13-37-20(2)18-35)33-28(31-19)34-30-17-24-10-11-25(16-29-24)32-23-8-6-21(7-9-23)22-4-3-5-26(36)15-22/h3-11,14-17,20,32,36H,12-13,18H2,1-2H3,(H,31,33,34)/b30-17+. The van der Waals surface area contributed by atoms with Crippen LogP contribution in [0.1, 0.15) is 18.3 Å². The molecule has 3 heterocycles. The van der Waals surface area contributed by atoms with Crippen LogP contribution in [-0.4, -0.2) is 52.1 Å². The van der Waals surface area contributed by atoms with Crippen molar-refractivity contribution in [3.63, 3.8) is 0 Å². The fraction of sp³-hybridized carbons (Fsp3) is 0.214. The highest BCUT2D eigenvalue weighted by atomic mass is 16.5. The highest BCUT2D eigenvalue weighted by Crippen LogP contribution is 2.25. The van der Waals surface area contributed by atoms with Crippen molar-refractivity contribution in [3.8, 4) is 16.9 Å². The van der Waals surface area contributed by atoms with E-state index in [0.717, 1.165) is 47.1 Å². The number of ether oxygens (including phenoxy) is 1. The molecule has 3 N–H and O–H groups in total. The molecule has 4 aromatic rings. The predicted molar refractivity (Wildman–Crippen MR) is 147 cm³/mol. The Morgan fingerprint density at radius 3 is 2.62 bits per heavy atom. The summed E-state index contributed by atoms with van der Waals surface area (Å²) in [5.41, 5.74) is 8.29. The van der Waals surface area contributed by atoms with Gasteiger partial charge in [0.05, 0.1) is 36.5 Å². The molecule has 0 radical (unpaired) electrons. The Morgan fingerprint density at radius 1 is 1.03 bits per heavy atom. The second-order valence-corrected chi connectivity index (χ2v) is 8.91. The van der Waals surface area contributed by atoms with Crippen LogP contribution in [0.2, 0.25) is 0 Å². The third-order valence-corrected chi connectivity index (χ3v) is 5.91. The molecule has 1 aliphatic rings. The molecule has 188 valence electrons. The van der Waals surface area contributed by atoms with E-state index in [1.54, 1.807) is 24.5 Å². The molecule has 5 rings (SSSR count). The Morgan fingerprint density at radius 2 is 1.86 bits per heavy atom. The minimum atomic E-state index is 0.172. The number of hydrazone groups is 1. The minimum Gasteiger partial charge on any atom is -0.508 e. The molecule has 0 amide bonds. The number of benzene rings is 2. The molecule has 9 nitrogen and oxygen atoms in total. The highest BCUT2D eigenvalue weighted by molar-refractivity contribution is 5.78. The lowest BCUT2D eigenvalue weighted by Gasteiger charge is -2.32. The van der Waals surface area contributed by atoms with Gasteiger partial charge >= 0.3 is 0 Å². The average Bonchev–Trinajstić information content (AvgIpc) is 2.90. The first-order valence-electron chi connectivity index (χ1n) is 12.2. The molecule has 1 fully saturated rings. The van der Waals surface area contributed by atoms with E-state index in [9.17, 15) is 5.11 Å². The van der Waals surface area contributed by atoms with Crippen LogP contribution >= 0.6 is 0 Å². The second-order valence-electron chi connectivity index (χ2n) is 8.91. The first-order chi connectivity index (χ1) is 18.0. The van der Waals surface area contributed by atoms with E-state index >= 15 is 0 Å². The lowest BCUT2D eigenvalue weighted by molar-refractivity contribution is 0.0529. The van der Waals surface area contributed by atoms with Crippen molar-refractivity contribution in [2.75, 3.05) is 35.3 Å². The summed E-state index contributed by atoms with van der Waals surface area (Å²) in [4.78, 5) is 15.7. The van der Waals surface area contributed by atoms with E-state index in [4.69, 9.17) is 4.74 Å². The SMILES string of the molecule is Cc1cc(N2CCOC(C)C2)nc(N/N=C/c2ccc(Nc3ccc(-c4cccc(O)c4)cc3)cn2)n1. The first-order valence-corrected chi connectivity index (χ1v) is 12.2. The number of hydrogen-bond donors (Lipinski definition) is 3. The second kappa shape index (κ2) is 11.0. The third-order valence-electron chi connectivity index (χ3n) is 5.91. The molecule has 1 unspecified atom stereocenters. The van der Waals surface area contributed by atoms with Gasteiger partial charge in [-0.05, 0) is 61.4 Å². The topological polar surface area (TPSA) is 108 Å². The number of morpholine rings is 1. The van der Waals surface area contributed by atoms with Crippen molar-refractivity contribution < 1.29 is 9.84 Å². The molecule has 1 aliphatic heterocycles. The monoisotopic (exact) mass is 495 g/mol. The van der Waals surface area contributed by atoms with E-state index in [2.05, 4.69) is 42.6 Å². The van der Waals surface area contributed by atoms with Crippen molar-refractivity contribution in [3.05, 3.63) is 84.3 Å². The summed E-state index contributed by atoms with van der Waals surface area (Å²) in [7, 11) is 0. The molecule has 9 heteroatoms. The maximum atomic E-state index is 9.69. The quantitative estimate of drug-likeness (QED) is 0.244. The molecule has 0 spiro atoms. The summed E-state index contributed by atoms with van der Waals surface area (Å²) in [6.07, 6.45) is 3.56. The number of phenolic OH excluding ortho intramolecular Hbond substituents is 1. The number of phenols is 1. The number of rotatable bonds is 7. The van der Waals surface area contributed by atoms with Crippen LogP contribution in [0, 0.1) is 6.92 Å². The van der Waals surface area contributed by atoms with Crippen molar-refractivity contribution in [2.24, 2.45) is 5.10 Å². The van der Waals surface area contributed by atoms with Gasteiger partial charge in [-0.25, -0.2) is 10.4 Å². The van der Waals surface area contributed by atoms with Gasteiger partial charge in [0.2, 0.25) is 5.95 Å². The van der Waals surface area contributed by atoms with Crippen LogP contribution in [-0.2, 0) is 4.74 Å². The molecular formula is C28H29N7O2. The Balaban J connectivity index is 1.18. The summed E-state index contributed by atoms with van der Waals surface area (Å²) < 4.78 is 5.63. The number of aryl methyl sites for hydroxylation is 1. The largest absolute Gasteiger partial charge is 0.508 e. The number of nitrogens with zero attached hydrogens (tertiary/aromatic N) is 5. The van der Waals surface area contributed by atoms with E-state index in [-0.39, 0.29) is 11.9 Å². The minimum absolute atomic E-state index is 0.172.